The van der Waals surface area contributed by atoms with Crippen LogP contribution in [0, 0.1) is 12.8 Å². The molecule has 1 N–H and O–H groups in total. The molecule has 188 valence electrons. The SMILES string of the molecule is CC[C@@H](C)Nc1cc(C)c(-c2sc(C(=O)C3CC4CCC(C3)O4)nc2C(=O)N2CCC[C@@H]2C)cn1. The molecule has 2 aromatic heterocycles. The van der Waals surface area contributed by atoms with E-state index < -0.39 is 0 Å². The number of hydrogen-bond donors (Lipinski definition) is 1. The standard InChI is InChI=1S/C27H36N4O3S/c1-5-16(3)29-22-11-15(2)21(14-28-22)25-23(27(33)31-10-6-7-17(31)4)30-26(35-25)24(32)18-12-19-8-9-20(13-18)34-19/h11,14,16-20H,5-10,12-13H2,1-4H3,(H,28,29)/t16-,17+,18?,19?,20?/m1/s1. The van der Waals surface area contributed by atoms with Gasteiger partial charge in [-0.05, 0) is 77.3 Å². The van der Waals surface area contributed by atoms with Crippen molar-refractivity contribution >= 4 is 28.8 Å². The van der Waals surface area contributed by atoms with Gasteiger partial charge in [-0.2, -0.15) is 0 Å². The Bertz CT molecular complexity index is 1100. The molecule has 0 saturated carbocycles. The number of amides is 1. The van der Waals surface area contributed by atoms with Gasteiger partial charge in [-0.1, -0.05) is 6.92 Å². The first-order chi connectivity index (χ1) is 16.8. The van der Waals surface area contributed by atoms with E-state index in [1.165, 1.54) is 11.3 Å². The lowest BCUT2D eigenvalue weighted by molar-refractivity contribution is -0.0149. The van der Waals surface area contributed by atoms with E-state index >= 15 is 0 Å². The van der Waals surface area contributed by atoms with Crippen LogP contribution in [0.25, 0.3) is 10.4 Å². The van der Waals surface area contributed by atoms with E-state index in [-0.39, 0.29) is 35.9 Å². The van der Waals surface area contributed by atoms with Gasteiger partial charge in [-0.3, -0.25) is 9.59 Å². The normalized spacial score (nSPS) is 26.7. The van der Waals surface area contributed by atoms with Crippen molar-refractivity contribution in [3.63, 3.8) is 0 Å². The van der Waals surface area contributed by atoms with Crippen LogP contribution in [0.2, 0.25) is 0 Å². The lowest BCUT2D eigenvalue weighted by Crippen LogP contribution is -2.34. The Morgan fingerprint density at radius 3 is 2.63 bits per heavy atom. The fourth-order valence-corrected chi connectivity index (χ4v) is 6.75. The summed E-state index contributed by atoms with van der Waals surface area (Å²) in [5.41, 5.74) is 2.29. The van der Waals surface area contributed by atoms with Crippen LogP contribution in [0.1, 0.15) is 91.6 Å². The summed E-state index contributed by atoms with van der Waals surface area (Å²) in [7, 11) is 0. The fraction of sp³-hybridized carbons (Fsp3) is 0.630. The molecule has 35 heavy (non-hydrogen) atoms. The maximum atomic E-state index is 13.6. The van der Waals surface area contributed by atoms with Crippen molar-refractivity contribution in [2.24, 2.45) is 5.92 Å². The number of hydrogen-bond acceptors (Lipinski definition) is 7. The number of Topliss-reactive ketones (excluding diaryl/α,β-unsaturated/α-hetero) is 1. The number of nitrogens with zero attached hydrogens (tertiary/aromatic N) is 3. The van der Waals surface area contributed by atoms with Crippen molar-refractivity contribution in [1.29, 1.82) is 0 Å². The molecule has 0 aromatic carbocycles. The predicted molar refractivity (Wildman–Crippen MR) is 138 cm³/mol. The molecule has 0 radical (unpaired) electrons. The largest absolute Gasteiger partial charge is 0.375 e. The zero-order valence-electron chi connectivity index (χ0n) is 21.2. The summed E-state index contributed by atoms with van der Waals surface area (Å²) < 4.78 is 5.95. The summed E-state index contributed by atoms with van der Waals surface area (Å²) in [6.07, 6.45) is 8.78. The van der Waals surface area contributed by atoms with E-state index in [2.05, 4.69) is 31.1 Å². The third kappa shape index (κ3) is 4.87. The highest BCUT2D eigenvalue weighted by atomic mass is 32.1. The van der Waals surface area contributed by atoms with Crippen LogP contribution in [-0.2, 0) is 4.74 Å². The van der Waals surface area contributed by atoms with Gasteiger partial charge >= 0.3 is 0 Å². The van der Waals surface area contributed by atoms with Crippen LogP contribution in [-0.4, -0.2) is 57.4 Å². The van der Waals surface area contributed by atoms with Crippen LogP contribution >= 0.6 is 11.3 Å². The van der Waals surface area contributed by atoms with E-state index in [1.54, 1.807) is 0 Å². The number of fused-ring (bicyclic) bond motifs is 2. The van der Waals surface area contributed by atoms with Crippen LogP contribution in [0.4, 0.5) is 5.82 Å². The number of aryl methyl sites for hydroxylation is 1. The zero-order chi connectivity index (χ0) is 24.7. The Morgan fingerprint density at radius 1 is 1.26 bits per heavy atom. The first-order valence-corrected chi connectivity index (χ1v) is 13.9. The van der Waals surface area contributed by atoms with E-state index in [1.807, 2.05) is 24.1 Å². The molecule has 4 atom stereocenters. The zero-order valence-corrected chi connectivity index (χ0v) is 22.0. The molecule has 3 aliphatic rings. The van der Waals surface area contributed by atoms with E-state index in [0.717, 1.165) is 73.3 Å². The molecule has 7 nitrogen and oxygen atoms in total. The van der Waals surface area contributed by atoms with Gasteiger partial charge in [0.05, 0.1) is 17.1 Å². The smallest absolute Gasteiger partial charge is 0.274 e. The summed E-state index contributed by atoms with van der Waals surface area (Å²) in [4.78, 5) is 39.2. The molecule has 2 unspecified atom stereocenters. The molecule has 3 aliphatic heterocycles. The maximum Gasteiger partial charge on any atom is 0.274 e. The summed E-state index contributed by atoms with van der Waals surface area (Å²) >= 11 is 1.35. The van der Waals surface area contributed by atoms with Gasteiger partial charge in [0, 0.05) is 36.3 Å². The first kappa shape index (κ1) is 24.4. The van der Waals surface area contributed by atoms with Crippen LogP contribution in [0.5, 0.6) is 0 Å². The average molecular weight is 497 g/mol. The van der Waals surface area contributed by atoms with Crippen LogP contribution < -0.4 is 5.32 Å². The number of nitrogens with one attached hydrogen (secondary N) is 1. The van der Waals surface area contributed by atoms with E-state index in [0.29, 0.717) is 16.7 Å². The lowest BCUT2D eigenvalue weighted by Gasteiger charge is -2.26. The molecule has 5 rings (SSSR count). The number of carbonyl (C=O) groups excluding carboxylic acids is 2. The molecular weight excluding hydrogens is 460 g/mol. The van der Waals surface area contributed by atoms with Gasteiger partial charge < -0.3 is 15.0 Å². The number of ether oxygens (including phenoxy) is 1. The molecule has 3 fully saturated rings. The Labute approximate surface area is 211 Å². The Hall–Kier alpha value is -2.32. The second-order valence-electron chi connectivity index (χ2n) is 10.5. The summed E-state index contributed by atoms with van der Waals surface area (Å²) in [5, 5.41) is 3.86. The fourth-order valence-electron chi connectivity index (χ4n) is 5.60. The highest BCUT2D eigenvalue weighted by Crippen LogP contribution is 2.40. The van der Waals surface area contributed by atoms with E-state index in [4.69, 9.17) is 9.72 Å². The molecule has 2 aromatic rings. The third-order valence-electron chi connectivity index (χ3n) is 7.88. The van der Waals surface area contributed by atoms with Crippen molar-refractivity contribution in [3.05, 3.63) is 28.5 Å². The Balaban J connectivity index is 1.50. The number of rotatable bonds is 7. The second-order valence-corrected chi connectivity index (χ2v) is 11.5. The van der Waals surface area contributed by atoms with Crippen molar-refractivity contribution in [2.45, 2.75) is 96.9 Å². The molecule has 2 bridgehead atoms. The number of pyridine rings is 1. The number of likely N-dealkylation sites (tertiary alicyclic amines) is 1. The van der Waals surface area contributed by atoms with Gasteiger partial charge in [0.15, 0.2) is 10.8 Å². The number of thiazole rings is 1. The number of ketones is 1. The van der Waals surface area contributed by atoms with Gasteiger partial charge in [-0.25, -0.2) is 9.97 Å². The topological polar surface area (TPSA) is 84.4 Å². The molecule has 0 aliphatic carbocycles. The predicted octanol–water partition coefficient (Wildman–Crippen LogP) is 5.49. The van der Waals surface area contributed by atoms with Crippen molar-refractivity contribution in [1.82, 2.24) is 14.9 Å². The van der Waals surface area contributed by atoms with E-state index in [9.17, 15) is 9.59 Å². The molecule has 1 amide bonds. The average Bonchev–Trinajstić information content (AvgIpc) is 3.56. The van der Waals surface area contributed by atoms with Gasteiger partial charge in [0.25, 0.3) is 5.91 Å². The molecule has 5 heterocycles. The quantitative estimate of drug-likeness (QED) is 0.511. The minimum atomic E-state index is -0.0754. The van der Waals surface area contributed by atoms with Crippen molar-refractivity contribution in [3.8, 4) is 10.4 Å². The molecule has 3 saturated heterocycles. The third-order valence-corrected chi connectivity index (χ3v) is 8.98. The Morgan fingerprint density at radius 2 is 2.00 bits per heavy atom. The summed E-state index contributed by atoms with van der Waals surface area (Å²) in [5.74, 6) is 0.731. The van der Waals surface area contributed by atoms with Gasteiger partial charge in [0.1, 0.15) is 11.5 Å². The minimum Gasteiger partial charge on any atom is -0.375 e. The van der Waals surface area contributed by atoms with Gasteiger partial charge in [0.2, 0.25) is 0 Å². The lowest BCUT2D eigenvalue weighted by atomic mass is 9.91. The highest BCUT2D eigenvalue weighted by molar-refractivity contribution is 7.17. The minimum absolute atomic E-state index is 0.0608. The monoisotopic (exact) mass is 496 g/mol. The van der Waals surface area contributed by atoms with Crippen LogP contribution in [0.3, 0.4) is 0 Å². The molecule has 0 spiro atoms. The molecule has 8 heteroatoms. The number of carbonyl (C=O) groups is 2. The summed E-state index contributed by atoms with van der Waals surface area (Å²) in [6.45, 7) is 9.11. The maximum absolute atomic E-state index is 13.6. The number of aromatic nitrogens is 2. The van der Waals surface area contributed by atoms with Crippen molar-refractivity contribution in [2.75, 3.05) is 11.9 Å². The van der Waals surface area contributed by atoms with Crippen molar-refractivity contribution < 1.29 is 14.3 Å². The number of anilines is 1. The van der Waals surface area contributed by atoms with Gasteiger partial charge in [-0.15, -0.1) is 11.3 Å². The van der Waals surface area contributed by atoms with Crippen LogP contribution in [0.15, 0.2) is 12.3 Å². The Kier molecular flexibility index (Phi) is 6.95. The summed E-state index contributed by atoms with van der Waals surface area (Å²) in [6, 6.07) is 2.53. The molecular formula is C27H36N4O3S. The first-order valence-electron chi connectivity index (χ1n) is 13.1. The highest BCUT2D eigenvalue weighted by Gasteiger charge is 2.40. The second kappa shape index (κ2) is 9.97.